The number of methoxy groups -OCH3 is 3. The van der Waals surface area contributed by atoms with Gasteiger partial charge in [-0.15, -0.1) is 0 Å². The molecule has 0 saturated carbocycles. The molecule has 0 spiro atoms. The van der Waals surface area contributed by atoms with Gasteiger partial charge in [0.05, 0.1) is 32.9 Å². The third kappa shape index (κ3) is 7.55. The first-order chi connectivity index (χ1) is 19.0. The highest BCUT2D eigenvalue weighted by Crippen LogP contribution is 2.42. The SMILES string of the molecule is CCCCCCCCCCCCN1C(=O)C(=O)/C(=C(\O)c2ccc(OC)cc2)C1c1ccc(OC)c(OC)c1. The van der Waals surface area contributed by atoms with E-state index in [2.05, 4.69) is 6.92 Å². The monoisotopic (exact) mass is 537 g/mol. The summed E-state index contributed by atoms with van der Waals surface area (Å²) in [4.78, 5) is 28.2. The van der Waals surface area contributed by atoms with Crippen molar-refractivity contribution >= 4 is 17.4 Å². The van der Waals surface area contributed by atoms with Gasteiger partial charge in [0.2, 0.25) is 0 Å². The van der Waals surface area contributed by atoms with Gasteiger partial charge >= 0.3 is 0 Å². The van der Waals surface area contributed by atoms with E-state index in [0.717, 1.165) is 19.3 Å². The van der Waals surface area contributed by atoms with Crippen LogP contribution in [0.3, 0.4) is 0 Å². The normalized spacial score (nSPS) is 16.5. The number of nitrogens with zero attached hydrogens (tertiary/aromatic N) is 1. The molecule has 0 aromatic heterocycles. The lowest BCUT2D eigenvalue weighted by Gasteiger charge is -2.26. The van der Waals surface area contributed by atoms with Crippen molar-refractivity contribution < 1.29 is 28.9 Å². The highest BCUT2D eigenvalue weighted by atomic mass is 16.5. The molecule has 3 rings (SSSR count). The van der Waals surface area contributed by atoms with Gasteiger partial charge in [-0.1, -0.05) is 70.8 Å². The summed E-state index contributed by atoms with van der Waals surface area (Å²) in [7, 11) is 4.66. The Morgan fingerprint density at radius 1 is 0.769 bits per heavy atom. The fourth-order valence-electron chi connectivity index (χ4n) is 5.15. The van der Waals surface area contributed by atoms with Crippen LogP contribution in [0.1, 0.15) is 88.3 Å². The summed E-state index contributed by atoms with van der Waals surface area (Å²) in [5.74, 6) is 0.175. The molecule has 2 aromatic rings. The molecule has 1 aliphatic rings. The first-order valence-electron chi connectivity index (χ1n) is 14.1. The number of aliphatic hydroxyl groups excluding tert-OH is 1. The van der Waals surface area contributed by atoms with E-state index in [0.29, 0.717) is 34.9 Å². The lowest BCUT2D eigenvalue weighted by Crippen LogP contribution is -2.30. The van der Waals surface area contributed by atoms with E-state index < -0.39 is 17.7 Å². The number of hydrogen-bond donors (Lipinski definition) is 1. The van der Waals surface area contributed by atoms with Crippen LogP contribution < -0.4 is 14.2 Å². The maximum atomic E-state index is 13.3. The number of Topliss-reactive ketones (excluding diaryl/α,β-unsaturated/α-hetero) is 1. The quantitative estimate of drug-likeness (QED) is 0.107. The number of aliphatic hydroxyl groups is 1. The van der Waals surface area contributed by atoms with E-state index in [4.69, 9.17) is 14.2 Å². The minimum Gasteiger partial charge on any atom is -0.507 e. The molecule has 0 aliphatic carbocycles. The number of benzene rings is 2. The van der Waals surface area contributed by atoms with Gasteiger partial charge in [0.25, 0.3) is 11.7 Å². The summed E-state index contributed by atoms with van der Waals surface area (Å²) in [6, 6.07) is 11.4. The van der Waals surface area contributed by atoms with Gasteiger partial charge < -0.3 is 24.2 Å². The summed E-state index contributed by atoms with van der Waals surface area (Å²) in [5.41, 5.74) is 1.19. The predicted octanol–water partition coefficient (Wildman–Crippen LogP) is 7.06. The Morgan fingerprint density at radius 2 is 1.36 bits per heavy atom. The molecule has 1 N–H and O–H groups in total. The smallest absolute Gasteiger partial charge is 0.295 e. The van der Waals surface area contributed by atoms with Gasteiger partial charge in [-0.05, 0) is 48.4 Å². The maximum Gasteiger partial charge on any atom is 0.295 e. The number of unbranched alkanes of at least 4 members (excludes halogenated alkanes) is 9. The molecule has 1 amide bonds. The van der Waals surface area contributed by atoms with Crippen molar-refractivity contribution in [3.8, 4) is 17.2 Å². The fraction of sp³-hybridized carbons (Fsp3) is 0.500. The Kier molecular flexibility index (Phi) is 11.7. The van der Waals surface area contributed by atoms with Crippen LogP contribution in [-0.2, 0) is 9.59 Å². The van der Waals surface area contributed by atoms with E-state index in [1.54, 1.807) is 62.6 Å². The number of rotatable bonds is 16. The van der Waals surface area contributed by atoms with Crippen LogP contribution in [0.4, 0.5) is 0 Å². The molecule has 39 heavy (non-hydrogen) atoms. The Hall–Kier alpha value is -3.48. The van der Waals surface area contributed by atoms with Crippen molar-refractivity contribution in [1.82, 2.24) is 4.90 Å². The van der Waals surface area contributed by atoms with Gasteiger partial charge in [0.1, 0.15) is 11.5 Å². The molecule has 7 heteroatoms. The zero-order chi connectivity index (χ0) is 28.2. The summed E-state index contributed by atoms with van der Waals surface area (Å²) < 4.78 is 16.1. The Morgan fingerprint density at radius 3 is 1.92 bits per heavy atom. The van der Waals surface area contributed by atoms with Crippen LogP contribution in [0, 0.1) is 0 Å². The van der Waals surface area contributed by atoms with Gasteiger partial charge in [-0.25, -0.2) is 0 Å². The lowest BCUT2D eigenvalue weighted by molar-refractivity contribution is -0.139. The van der Waals surface area contributed by atoms with Gasteiger partial charge in [0.15, 0.2) is 11.5 Å². The topological polar surface area (TPSA) is 85.3 Å². The van der Waals surface area contributed by atoms with Crippen LogP contribution in [0.2, 0.25) is 0 Å². The molecule has 1 heterocycles. The van der Waals surface area contributed by atoms with Crippen molar-refractivity contribution in [2.24, 2.45) is 0 Å². The number of likely N-dealkylation sites (tertiary alicyclic amines) is 1. The van der Waals surface area contributed by atoms with E-state index in [1.165, 1.54) is 44.9 Å². The zero-order valence-electron chi connectivity index (χ0n) is 23.8. The van der Waals surface area contributed by atoms with Crippen LogP contribution in [0.15, 0.2) is 48.0 Å². The average Bonchev–Trinajstić information content (AvgIpc) is 3.22. The molecule has 1 fully saturated rings. The van der Waals surface area contributed by atoms with Crippen molar-refractivity contribution in [1.29, 1.82) is 0 Å². The van der Waals surface area contributed by atoms with Gasteiger partial charge in [0, 0.05) is 12.1 Å². The second-order valence-corrected chi connectivity index (χ2v) is 10.0. The van der Waals surface area contributed by atoms with Crippen LogP contribution in [0.25, 0.3) is 5.76 Å². The van der Waals surface area contributed by atoms with Crippen molar-refractivity contribution in [3.05, 3.63) is 59.2 Å². The van der Waals surface area contributed by atoms with E-state index in [-0.39, 0.29) is 11.3 Å². The third-order valence-corrected chi connectivity index (χ3v) is 7.38. The Bertz CT molecular complexity index is 1120. The number of ketones is 1. The first-order valence-corrected chi connectivity index (χ1v) is 14.1. The summed E-state index contributed by atoms with van der Waals surface area (Å²) in [5, 5.41) is 11.3. The van der Waals surface area contributed by atoms with Crippen LogP contribution in [-0.4, -0.2) is 49.6 Å². The largest absolute Gasteiger partial charge is 0.507 e. The molecule has 1 aliphatic heterocycles. The second kappa shape index (κ2) is 15.2. The predicted molar refractivity (Wildman–Crippen MR) is 153 cm³/mol. The summed E-state index contributed by atoms with van der Waals surface area (Å²) in [6.07, 6.45) is 11.8. The average molecular weight is 538 g/mol. The van der Waals surface area contributed by atoms with Gasteiger partial charge in [-0.3, -0.25) is 9.59 Å². The van der Waals surface area contributed by atoms with E-state index >= 15 is 0 Å². The summed E-state index contributed by atoms with van der Waals surface area (Å²) >= 11 is 0. The number of carbonyl (C=O) groups is 2. The van der Waals surface area contributed by atoms with Crippen molar-refractivity contribution in [2.45, 2.75) is 77.2 Å². The molecule has 1 saturated heterocycles. The Balaban J connectivity index is 1.81. The summed E-state index contributed by atoms with van der Waals surface area (Å²) in [6.45, 7) is 2.66. The fourth-order valence-corrected chi connectivity index (χ4v) is 5.15. The van der Waals surface area contributed by atoms with E-state index in [9.17, 15) is 14.7 Å². The minimum atomic E-state index is -0.731. The Labute approximate surface area is 232 Å². The molecule has 1 atom stereocenters. The minimum absolute atomic E-state index is 0.0736. The molecule has 0 radical (unpaired) electrons. The molecule has 7 nitrogen and oxygen atoms in total. The number of amides is 1. The molecule has 2 aromatic carbocycles. The first kappa shape index (κ1) is 30.1. The maximum absolute atomic E-state index is 13.3. The number of ether oxygens (including phenoxy) is 3. The van der Waals surface area contributed by atoms with Crippen LogP contribution in [0.5, 0.6) is 17.2 Å². The molecule has 212 valence electrons. The number of hydrogen-bond acceptors (Lipinski definition) is 6. The second-order valence-electron chi connectivity index (χ2n) is 10.0. The van der Waals surface area contributed by atoms with E-state index in [1.807, 2.05) is 6.07 Å². The van der Waals surface area contributed by atoms with Gasteiger partial charge in [-0.2, -0.15) is 0 Å². The van der Waals surface area contributed by atoms with Crippen molar-refractivity contribution in [3.63, 3.8) is 0 Å². The van der Waals surface area contributed by atoms with Crippen molar-refractivity contribution in [2.75, 3.05) is 27.9 Å². The molecule has 0 bridgehead atoms. The standard InChI is InChI=1S/C32H43NO6/c1-5-6-7-8-9-10-11-12-13-14-21-33-29(24-17-20-26(38-3)27(22-24)39-4)28(31(35)32(33)36)30(34)23-15-18-25(37-2)19-16-23/h15-20,22,29,34H,5-14,21H2,1-4H3/b30-28-. The molecular formula is C32H43NO6. The van der Waals surface area contributed by atoms with Crippen LogP contribution >= 0.6 is 0 Å². The highest BCUT2D eigenvalue weighted by Gasteiger charge is 2.46. The molecule has 1 unspecified atom stereocenters. The number of carbonyl (C=O) groups excluding carboxylic acids is 2. The zero-order valence-corrected chi connectivity index (χ0v) is 23.8. The molecular weight excluding hydrogens is 494 g/mol. The highest BCUT2D eigenvalue weighted by molar-refractivity contribution is 6.46. The third-order valence-electron chi connectivity index (χ3n) is 7.38. The lowest BCUT2D eigenvalue weighted by atomic mass is 9.94.